The standard InChI is InChI=1S/C17H17BrClNO3/c1-2-7-23-16-6-3-11(8-13(16)18)10-20-15-9-12(17(21)22)4-5-14(15)19/h3-6,8-9,20H,2,7,10H2,1H3,(H,21,22). The second-order valence-electron chi connectivity index (χ2n) is 4.97. The molecule has 0 radical (unpaired) electrons. The van der Waals surface area contributed by atoms with E-state index in [1.807, 2.05) is 18.2 Å². The predicted molar refractivity (Wildman–Crippen MR) is 95.7 cm³/mol. The second-order valence-corrected chi connectivity index (χ2v) is 6.23. The van der Waals surface area contributed by atoms with Crippen LogP contribution in [0.1, 0.15) is 29.3 Å². The van der Waals surface area contributed by atoms with E-state index in [4.69, 9.17) is 21.4 Å². The zero-order valence-corrected chi connectivity index (χ0v) is 14.9. The molecule has 0 fully saturated rings. The van der Waals surface area contributed by atoms with Crippen LogP contribution in [-0.2, 0) is 6.54 Å². The molecule has 0 bridgehead atoms. The van der Waals surface area contributed by atoms with Crippen molar-refractivity contribution in [1.29, 1.82) is 0 Å². The van der Waals surface area contributed by atoms with Crippen LogP contribution in [0.15, 0.2) is 40.9 Å². The number of nitrogens with one attached hydrogen (secondary N) is 1. The van der Waals surface area contributed by atoms with Crippen molar-refractivity contribution in [3.05, 3.63) is 57.0 Å². The number of rotatable bonds is 7. The number of halogens is 2. The van der Waals surface area contributed by atoms with Crippen LogP contribution < -0.4 is 10.1 Å². The van der Waals surface area contributed by atoms with Gasteiger partial charge in [-0.25, -0.2) is 4.79 Å². The Labute approximate surface area is 148 Å². The molecule has 0 amide bonds. The minimum absolute atomic E-state index is 0.196. The van der Waals surface area contributed by atoms with Gasteiger partial charge in [0, 0.05) is 6.54 Å². The fourth-order valence-electron chi connectivity index (χ4n) is 1.97. The molecule has 2 rings (SSSR count). The Bertz CT molecular complexity index is 706. The minimum Gasteiger partial charge on any atom is -0.492 e. The van der Waals surface area contributed by atoms with Crippen molar-refractivity contribution in [3.63, 3.8) is 0 Å². The van der Waals surface area contributed by atoms with Gasteiger partial charge in [-0.05, 0) is 58.2 Å². The molecule has 0 spiro atoms. The first-order valence-electron chi connectivity index (χ1n) is 7.19. The van der Waals surface area contributed by atoms with E-state index in [-0.39, 0.29) is 5.56 Å². The number of ether oxygens (including phenoxy) is 1. The van der Waals surface area contributed by atoms with Crippen molar-refractivity contribution >= 4 is 39.2 Å². The van der Waals surface area contributed by atoms with E-state index in [0.29, 0.717) is 23.9 Å². The maximum absolute atomic E-state index is 11.0. The third kappa shape index (κ3) is 4.88. The van der Waals surface area contributed by atoms with Crippen molar-refractivity contribution in [3.8, 4) is 5.75 Å². The van der Waals surface area contributed by atoms with Gasteiger partial charge >= 0.3 is 5.97 Å². The van der Waals surface area contributed by atoms with Gasteiger partial charge in [0.05, 0.1) is 27.4 Å². The number of hydrogen-bond acceptors (Lipinski definition) is 3. The average Bonchev–Trinajstić information content (AvgIpc) is 2.53. The van der Waals surface area contributed by atoms with Gasteiger partial charge in [-0.15, -0.1) is 0 Å². The highest BCUT2D eigenvalue weighted by Crippen LogP contribution is 2.28. The molecule has 122 valence electrons. The molecular weight excluding hydrogens is 382 g/mol. The van der Waals surface area contributed by atoms with Gasteiger partial charge in [-0.1, -0.05) is 24.6 Å². The smallest absolute Gasteiger partial charge is 0.335 e. The molecule has 0 heterocycles. The van der Waals surface area contributed by atoms with Crippen molar-refractivity contribution in [2.45, 2.75) is 19.9 Å². The summed E-state index contributed by atoms with van der Waals surface area (Å²) in [6.07, 6.45) is 0.953. The van der Waals surface area contributed by atoms with Gasteiger partial charge in [0.2, 0.25) is 0 Å². The van der Waals surface area contributed by atoms with Gasteiger partial charge in [0.15, 0.2) is 0 Å². The SMILES string of the molecule is CCCOc1ccc(CNc2cc(C(=O)O)ccc2Cl)cc1Br. The van der Waals surface area contributed by atoms with Crippen LogP contribution in [0.3, 0.4) is 0 Å². The van der Waals surface area contributed by atoms with Crippen LogP contribution in [0.25, 0.3) is 0 Å². The molecule has 6 heteroatoms. The summed E-state index contributed by atoms with van der Waals surface area (Å²) < 4.78 is 6.50. The molecule has 2 N–H and O–H groups in total. The number of hydrogen-bond donors (Lipinski definition) is 2. The van der Waals surface area contributed by atoms with Gasteiger partial charge in [0.25, 0.3) is 0 Å². The number of aromatic carboxylic acids is 1. The topological polar surface area (TPSA) is 58.6 Å². The highest BCUT2D eigenvalue weighted by Gasteiger charge is 2.08. The maximum Gasteiger partial charge on any atom is 0.335 e. The van der Waals surface area contributed by atoms with Crippen LogP contribution in [0.4, 0.5) is 5.69 Å². The molecule has 4 nitrogen and oxygen atoms in total. The second kappa shape index (κ2) is 8.22. The summed E-state index contributed by atoms with van der Waals surface area (Å²) in [5.74, 6) is -0.175. The predicted octanol–water partition coefficient (Wildman–Crippen LogP) is 5.20. The number of carboxylic acids is 1. The van der Waals surface area contributed by atoms with Gasteiger partial charge < -0.3 is 15.2 Å². The fourth-order valence-corrected chi connectivity index (χ4v) is 2.70. The molecule has 2 aromatic carbocycles. The third-order valence-corrected chi connectivity index (χ3v) is 4.10. The van der Waals surface area contributed by atoms with Crippen LogP contribution in [0.5, 0.6) is 5.75 Å². The zero-order valence-electron chi connectivity index (χ0n) is 12.6. The lowest BCUT2D eigenvalue weighted by Gasteiger charge is -2.12. The summed E-state index contributed by atoms with van der Waals surface area (Å²) in [5, 5.41) is 12.7. The molecular formula is C17H17BrClNO3. The number of anilines is 1. The van der Waals surface area contributed by atoms with Crippen LogP contribution in [0, 0.1) is 0 Å². The lowest BCUT2D eigenvalue weighted by atomic mass is 10.2. The summed E-state index contributed by atoms with van der Waals surface area (Å²) in [6.45, 7) is 3.25. The lowest BCUT2D eigenvalue weighted by molar-refractivity contribution is 0.0697. The summed E-state index contributed by atoms with van der Waals surface area (Å²) in [5.41, 5.74) is 1.81. The van der Waals surface area contributed by atoms with Gasteiger partial charge in [-0.3, -0.25) is 0 Å². The highest BCUT2D eigenvalue weighted by molar-refractivity contribution is 9.10. The molecule has 0 aliphatic carbocycles. The molecule has 0 aliphatic rings. The quantitative estimate of drug-likeness (QED) is 0.673. The molecule has 0 saturated heterocycles. The fraction of sp³-hybridized carbons (Fsp3) is 0.235. The number of carbonyl (C=O) groups is 1. The molecule has 0 unspecified atom stereocenters. The molecule has 0 atom stereocenters. The molecule has 0 aromatic heterocycles. The molecule has 0 saturated carbocycles. The largest absolute Gasteiger partial charge is 0.492 e. The Morgan fingerprint density at radius 1 is 1.30 bits per heavy atom. The summed E-state index contributed by atoms with van der Waals surface area (Å²) in [6, 6.07) is 10.4. The van der Waals surface area contributed by atoms with Crippen molar-refractivity contribution in [2.75, 3.05) is 11.9 Å². The number of benzene rings is 2. The Balaban J connectivity index is 2.07. The first-order valence-corrected chi connectivity index (χ1v) is 8.36. The van der Waals surface area contributed by atoms with Crippen LogP contribution in [0.2, 0.25) is 5.02 Å². The Morgan fingerprint density at radius 3 is 2.74 bits per heavy atom. The van der Waals surface area contributed by atoms with Crippen LogP contribution in [-0.4, -0.2) is 17.7 Å². The lowest BCUT2D eigenvalue weighted by Crippen LogP contribution is -2.03. The first kappa shape index (κ1) is 17.6. The van der Waals surface area contributed by atoms with Gasteiger partial charge in [-0.2, -0.15) is 0 Å². The molecule has 23 heavy (non-hydrogen) atoms. The van der Waals surface area contributed by atoms with E-state index in [9.17, 15) is 4.79 Å². The first-order chi connectivity index (χ1) is 11.0. The van der Waals surface area contributed by atoms with E-state index in [2.05, 4.69) is 28.2 Å². The maximum atomic E-state index is 11.0. The Morgan fingerprint density at radius 2 is 2.09 bits per heavy atom. The Hall–Kier alpha value is -1.72. The summed E-state index contributed by atoms with van der Waals surface area (Å²) in [4.78, 5) is 11.0. The molecule has 2 aromatic rings. The van der Waals surface area contributed by atoms with E-state index in [0.717, 1.165) is 22.2 Å². The van der Waals surface area contributed by atoms with Crippen molar-refractivity contribution < 1.29 is 14.6 Å². The molecule has 0 aliphatic heterocycles. The van der Waals surface area contributed by atoms with E-state index < -0.39 is 5.97 Å². The Kier molecular flexibility index (Phi) is 6.30. The van der Waals surface area contributed by atoms with Crippen LogP contribution >= 0.6 is 27.5 Å². The number of carboxylic acid groups (broad SMARTS) is 1. The summed E-state index contributed by atoms with van der Waals surface area (Å²) >= 11 is 9.59. The summed E-state index contributed by atoms with van der Waals surface area (Å²) in [7, 11) is 0. The average molecular weight is 399 g/mol. The van der Waals surface area contributed by atoms with E-state index in [1.165, 1.54) is 12.1 Å². The monoisotopic (exact) mass is 397 g/mol. The zero-order chi connectivity index (χ0) is 16.8. The van der Waals surface area contributed by atoms with E-state index >= 15 is 0 Å². The van der Waals surface area contributed by atoms with Crippen molar-refractivity contribution in [2.24, 2.45) is 0 Å². The van der Waals surface area contributed by atoms with Crippen molar-refractivity contribution in [1.82, 2.24) is 0 Å². The third-order valence-electron chi connectivity index (χ3n) is 3.15. The van der Waals surface area contributed by atoms with Gasteiger partial charge in [0.1, 0.15) is 5.75 Å². The van der Waals surface area contributed by atoms with E-state index in [1.54, 1.807) is 6.07 Å². The minimum atomic E-state index is -0.982. The normalized spacial score (nSPS) is 10.4. The highest BCUT2D eigenvalue weighted by atomic mass is 79.9.